The molecule has 1 aliphatic rings. The van der Waals surface area contributed by atoms with Crippen LogP contribution in [0.2, 0.25) is 0 Å². The lowest BCUT2D eigenvalue weighted by Gasteiger charge is -2.41. The fraction of sp³-hybridized carbons (Fsp3) is 0.750. The highest BCUT2D eigenvalue weighted by molar-refractivity contribution is 8.00. The van der Waals surface area contributed by atoms with Crippen molar-refractivity contribution in [2.45, 2.75) is 30.1 Å². The molecule has 0 bridgehead atoms. The number of ether oxygens (including phenoxy) is 1. The van der Waals surface area contributed by atoms with E-state index in [0.29, 0.717) is 0 Å². The smallest absolute Gasteiger partial charge is 0.191 e. The molecule has 1 aromatic rings. The molecule has 1 aromatic heterocycles. The SMILES string of the molecule is CN=C(NCCCSc1nccs1)NCC(C)(C)N1CCOCC1. The average molecular weight is 372 g/mol. The second-order valence-electron chi connectivity index (χ2n) is 6.26. The summed E-state index contributed by atoms with van der Waals surface area (Å²) in [7, 11) is 1.82. The lowest BCUT2D eigenvalue weighted by Crippen LogP contribution is -2.56. The van der Waals surface area contributed by atoms with Crippen molar-refractivity contribution in [1.29, 1.82) is 0 Å². The van der Waals surface area contributed by atoms with E-state index < -0.39 is 0 Å². The first-order chi connectivity index (χ1) is 11.6. The fourth-order valence-corrected chi connectivity index (χ4v) is 4.17. The van der Waals surface area contributed by atoms with E-state index in [2.05, 4.69) is 39.4 Å². The van der Waals surface area contributed by atoms with Crippen LogP contribution in [0.1, 0.15) is 20.3 Å². The van der Waals surface area contributed by atoms with E-state index >= 15 is 0 Å². The van der Waals surface area contributed by atoms with E-state index in [1.165, 1.54) is 0 Å². The number of nitrogens with one attached hydrogen (secondary N) is 2. The second kappa shape index (κ2) is 10.2. The number of hydrogen-bond acceptors (Lipinski definition) is 6. The lowest BCUT2D eigenvalue weighted by atomic mass is 10.0. The Morgan fingerprint density at radius 1 is 1.42 bits per heavy atom. The number of morpholine rings is 1. The summed E-state index contributed by atoms with van der Waals surface area (Å²) in [6.45, 7) is 9.95. The molecular formula is C16H29N5OS2. The Morgan fingerprint density at radius 3 is 2.88 bits per heavy atom. The summed E-state index contributed by atoms with van der Waals surface area (Å²) in [5, 5.41) is 8.86. The number of rotatable bonds is 8. The van der Waals surface area contributed by atoms with E-state index in [-0.39, 0.29) is 5.54 Å². The van der Waals surface area contributed by atoms with Gasteiger partial charge < -0.3 is 15.4 Å². The molecule has 0 aliphatic carbocycles. The van der Waals surface area contributed by atoms with Gasteiger partial charge in [0.15, 0.2) is 5.96 Å². The van der Waals surface area contributed by atoms with E-state index in [9.17, 15) is 0 Å². The van der Waals surface area contributed by atoms with Crippen molar-refractivity contribution in [2.24, 2.45) is 4.99 Å². The molecule has 0 amide bonds. The van der Waals surface area contributed by atoms with Crippen molar-refractivity contribution >= 4 is 29.1 Å². The summed E-state index contributed by atoms with van der Waals surface area (Å²) in [5.74, 6) is 1.94. The third-order valence-electron chi connectivity index (χ3n) is 4.03. The van der Waals surface area contributed by atoms with Crippen LogP contribution in [0, 0.1) is 0 Å². The van der Waals surface area contributed by atoms with Gasteiger partial charge in [-0.1, -0.05) is 11.8 Å². The Hall–Kier alpha value is -0.830. The topological polar surface area (TPSA) is 61.8 Å². The van der Waals surface area contributed by atoms with Crippen molar-refractivity contribution in [3.8, 4) is 0 Å². The fourth-order valence-electron chi connectivity index (χ4n) is 2.52. The van der Waals surface area contributed by atoms with Gasteiger partial charge in [0, 0.05) is 56.1 Å². The zero-order chi connectivity index (χ0) is 17.3. The van der Waals surface area contributed by atoms with Gasteiger partial charge in [-0.3, -0.25) is 9.89 Å². The highest BCUT2D eigenvalue weighted by Gasteiger charge is 2.28. The molecule has 136 valence electrons. The van der Waals surface area contributed by atoms with Crippen LogP contribution in [-0.2, 0) is 4.74 Å². The molecule has 1 aliphatic heterocycles. The number of aromatic nitrogens is 1. The summed E-state index contributed by atoms with van der Waals surface area (Å²) in [6, 6.07) is 0. The largest absolute Gasteiger partial charge is 0.379 e. The van der Waals surface area contributed by atoms with Gasteiger partial charge in [0.2, 0.25) is 0 Å². The minimum Gasteiger partial charge on any atom is -0.379 e. The molecule has 0 atom stereocenters. The normalized spacial score (nSPS) is 17.0. The molecule has 8 heteroatoms. The van der Waals surface area contributed by atoms with Crippen LogP contribution in [-0.4, -0.2) is 73.6 Å². The highest BCUT2D eigenvalue weighted by atomic mass is 32.2. The summed E-state index contributed by atoms with van der Waals surface area (Å²) in [4.78, 5) is 11.1. The van der Waals surface area contributed by atoms with E-state index in [1.807, 2.05) is 30.4 Å². The summed E-state index contributed by atoms with van der Waals surface area (Å²) < 4.78 is 6.58. The number of nitrogens with zero attached hydrogens (tertiary/aromatic N) is 3. The Kier molecular flexibility index (Phi) is 8.31. The molecule has 0 radical (unpaired) electrons. The van der Waals surface area contributed by atoms with Crippen LogP contribution in [0.25, 0.3) is 0 Å². The summed E-state index contributed by atoms with van der Waals surface area (Å²) in [5.41, 5.74) is 0.0854. The number of thiazole rings is 1. The van der Waals surface area contributed by atoms with Crippen molar-refractivity contribution < 1.29 is 4.74 Å². The predicted octanol–water partition coefficient (Wildman–Crippen LogP) is 1.90. The van der Waals surface area contributed by atoms with Crippen LogP contribution in [0.3, 0.4) is 0 Å². The third kappa shape index (κ3) is 6.58. The maximum atomic E-state index is 5.44. The monoisotopic (exact) mass is 371 g/mol. The maximum Gasteiger partial charge on any atom is 0.191 e. The molecule has 6 nitrogen and oxygen atoms in total. The van der Waals surface area contributed by atoms with Gasteiger partial charge in [-0.25, -0.2) is 4.98 Å². The predicted molar refractivity (Wildman–Crippen MR) is 103 cm³/mol. The molecule has 2 rings (SSSR count). The van der Waals surface area contributed by atoms with Crippen LogP contribution >= 0.6 is 23.1 Å². The molecule has 0 spiro atoms. The van der Waals surface area contributed by atoms with Crippen molar-refractivity contribution in [2.75, 3.05) is 52.2 Å². The molecule has 1 saturated heterocycles. The molecule has 2 heterocycles. The summed E-state index contributed by atoms with van der Waals surface area (Å²) in [6.07, 6.45) is 2.94. The highest BCUT2D eigenvalue weighted by Crippen LogP contribution is 2.20. The number of aliphatic imine (C=N–C) groups is 1. The Bertz CT molecular complexity index is 487. The standard InChI is InChI=1S/C16H29N5OS2/c1-16(2,21-7-9-22-10-8-21)13-20-14(17-3)18-5-4-11-23-15-19-6-12-24-15/h6,12H,4-5,7-11,13H2,1-3H3,(H2,17,18,20). The average Bonchev–Trinajstić information content (AvgIpc) is 3.11. The molecule has 24 heavy (non-hydrogen) atoms. The number of hydrogen-bond donors (Lipinski definition) is 2. The Balaban J connectivity index is 1.62. The minimum atomic E-state index is 0.0854. The van der Waals surface area contributed by atoms with Gasteiger partial charge in [-0.2, -0.15) is 0 Å². The Morgan fingerprint density at radius 2 is 2.21 bits per heavy atom. The van der Waals surface area contributed by atoms with Crippen LogP contribution in [0.5, 0.6) is 0 Å². The molecule has 1 fully saturated rings. The van der Waals surface area contributed by atoms with Crippen LogP contribution in [0.15, 0.2) is 20.9 Å². The van der Waals surface area contributed by atoms with Gasteiger partial charge >= 0.3 is 0 Å². The van der Waals surface area contributed by atoms with Crippen LogP contribution < -0.4 is 10.6 Å². The van der Waals surface area contributed by atoms with Crippen molar-refractivity contribution in [3.63, 3.8) is 0 Å². The number of guanidine groups is 1. The zero-order valence-corrected chi connectivity index (χ0v) is 16.5. The van der Waals surface area contributed by atoms with E-state index in [4.69, 9.17) is 4.74 Å². The third-order valence-corrected chi connectivity index (χ3v) is 6.08. The van der Waals surface area contributed by atoms with Crippen molar-refractivity contribution in [1.82, 2.24) is 20.5 Å². The van der Waals surface area contributed by atoms with E-state index in [1.54, 1.807) is 11.3 Å². The zero-order valence-electron chi connectivity index (χ0n) is 14.9. The van der Waals surface area contributed by atoms with Crippen molar-refractivity contribution in [3.05, 3.63) is 11.6 Å². The Labute approximate surface area is 153 Å². The molecule has 2 N–H and O–H groups in total. The molecule has 0 aromatic carbocycles. The van der Waals surface area contributed by atoms with Gasteiger partial charge in [0.1, 0.15) is 4.34 Å². The molecule has 0 unspecified atom stereocenters. The molecule has 0 saturated carbocycles. The first kappa shape index (κ1) is 19.5. The van der Waals surface area contributed by atoms with Gasteiger partial charge in [0.05, 0.1) is 13.2 Å². The van der Waals surface area contributed by atoms with Gasteiger partial charge in [-0.05, 0) is 20.3 Å². The summed E-state index contributed by atoms with van der Waals surface area (Å²) >= 11 is 3.51. The first-order valence-electron chi connectivity index (χ1n) is 8.41. The van der Waals surface area contributed by atoms with Gasteiger partial charge in [-0.15, -0.1) is 11.3 Å². The number of thioether (sulfide) groups is 1. The molecular weight excluding hydrogens is 342 g/mol. The lowest BCUT2D eigenvalue weighted by molar-refractivity contribution is -0.00833. The second-order valence-corrected chi connectivity index (χ2v) is 8.50. The maximum absolute atomic E-state index is 5.44. The first-order valence-corrected chi connectivity index (χ1v) is 10.3. The van der Waals surface area contributed by atoms with Crippen LogP contribution in [0.4, 0.5) is 0 Å². The van der Waals surface area contributed by atoms with E-state index in [0.717, 1.165) is 61.9 Å². The van der Waals surface area contributed by atoms with Gasteiger partial charge in [0.25, 0.3) is 0 Å². The quantitative estimate of drug-likeness (QED) is 0.315. The minimum absolute atomic E-state index is 0.0854.